The number of H-pyrrole nitrogens is 1. The Kier molecular flexibility index (Phi) is 6.73. The van der Waals surface area contributed by atoms with E-state index in [1.165, 1.54) is 38.1 Å². The summed E-state index contributed by atoms with van der Waals surface area (Å²) < 4.78 is 2.40. The lowest BCUT2D eigenvalue weighted by Crippen LogP contribution is -2.18. The van der Waals surface area contributed by atoms with Crippen LogP contribution >= 0.6 is 0 Å². The number of hydrogen-bond acceptors (Lipinski definition) is 2. The van der Waals surface area contributed by atoms with E-state index < -0.39 is 0 Å². The van der Waals surface area contributed by atoms with E-state index in [4.69, 9.17) is 0 Å². The van der Waals surface area contributed by atoms with Gasteiger partial charge in [-0.05, 0) is 64.9 Å². The van der Waals surface area contributed by atoms with Crippen LogP contribution in [0.25, 0.3) is 55.0 Å². The molecule has 2 heterocycles. The molecule has 0 spiro atoms. The summed E-state index contributed by atoms with van der Waals surface area (Å²) in [4.78, 5) is 8.20. The fraction of sp³-hybridized carbons (Fsp3) is 0.0488. The average molecular weight is 581 g/mol. The van der Waals surface area contributed by atoms with Crippen molar-refractivity contribution in [1.29, 1.82) is 0 Å². The summed E-state index contributed by atoms with van der Waals surface area (Å²) >= 11 is 0. The molecule has 0 bridgehead atoms. The van der Waals surface area contributed by atoms with Crippen LogP contribution in [0.4, 0.5) is 0 Å². The van der Waals surface area contributed by atoms with Gasteiger partial charge in [0.2, 0.25) is 0 Å². The average Bonchev–Trinajstić information content (AvgIpc) is 3.64. The number of nitrogens with zero attached hydrogens (tertiary/aromatic N) is 2. The third-order valence-electron chi connectivity index (χ3n) is 8.71. The molecule has 1 unspecified atom stereocenters. The number of benzene rings is 6. The van der Waals surface area contributed by atoms with Crippen molar-refractivity contribution in [1.82, 2.24) is 14.9 Å². The predicted molar refractivity (Wildman–Crippen MR) is 190 cm³/mol. The minimum Gasteiger partial charge on any atom is -0.360 e. The molecule has 0 aliphatic carbocycles. The van der Waals surface area contributed by atoms with Gasteiger partial charge in [-0.15, -0.1) is 0 Å². The first kappa shape index (κ1) is 26.7. The normalized spacial score (nSPS) is 12.7. The Morgan fingerprint density at radius 3 is 2.20 bits per heavy atom. The summed E-state index contributed by atoms with van der Waals surface area (Å²) in [6.07, 6.45) is 2.79. The molecular weight excluding hydrogens is 548 g/mol. The van der Waals surface area contributed by atoms with Gasteiger partial charge in [0, 0.05) is 27.7 Å². The van der Waals surface area contributed by atoms with Crippen LogP contribution in [0.5, 0.6) is 0 Å². The Morgan fingerprint density at radius 1 is 0.733 bits per heavy atom. The zero-order valence-electron chi connectivity index (χ0n) is 24.8. The highest BCUT2D eigenvalue weighted by Crippen LogP contribution is 2.39. The van der Waals surface area contributed by atoms with E-state index in [1.54, 1.807) is 0 Å². The zero-order chi connectivity index (χ0) is 30.2. The fourth-order valence-electron chi connectivity index (χ4n) is 6.54. The number of nitrogens with one attached hydrogen (secondary N) is 2. The molecule has 1 atom stereocenters. The maximum Gasteiger partial charge on any atom is 0.143 e. The quantitative estimate of drug-likeness (QED) is 0.173. The molecule has 0 aliphatic heterocycles. The minimum absolute atomic E-state index is 0.264. The number of para-hydroxylation sites is 1. The van der Waals surface area contributed by atoms with Crippen LogP contribution in [0.3, 0.4) is 0 Å². The third-order valence-corrected chi connectivity index (χ3v) is 8.71. The predicted octanol–water partition coefficient (Wildman–Crippen LogP) is 9.99. The summed E-state index contributed by atoms with van der Waals surface area (Å²) in [5.74, 6) is 0. The van der Waals surface area contributed by atoms with Crippen LogP contribution in [0.1, 0.15) is 22.9 Å². The molecule has 4 nitrogen and oxygen atoms in total. The van der Waals surface area contributed by atoms with Crippen molar-refractivity contribution in [2.45, 2.75) is 12.6 Å². The fourth-order valence-corrected chi connectivity index (χ4v) is 6.54. The number of allylic oxidation sites excluding steroid dienone is 1. The Labute approximate surface area is 262 Å². The molecule has 8 aromatic rings. The van der Waals surface area contributed by atoms with Gasteiger partial charge in [0.25, 0.3) is 0 Å². The van der Waals surface area contributed by atoms with Gasteiger partial charge in [0.1, 0.15) is 6.17 Å². The van der Waals surface area contributed by atoms with Crippen LogP contribution in [0.15, 0.2) is 157 Å². The molecule has 4 heteroatoms. The molecule has 0 amide bonds. The van der Waals surface area contributed by atoms with Crippen molar-refractivity contribution in [3.8, 4) is 5.69 Å². The van der Waals surface area contributed by atoms with E-state index in [-0.39, 0.29) is 6.17 Å². The van der Waals surface area contributed by atoms with Crippen LogP contribution in [-0.2, 0) is 6.42 Å². The second kappa shape index (κ2) is 11.3. The highest BCUT2D eigenvalue weighted by Gasteiger charge is 2.19. The van der Waals surface area contributed by atoms with Crippen LogP contribution in [0, 0.1) is 0 Å². The minimum atomic E-state index is -0.264. The van der Waals surface area contributed by atoms with Crippen molar-refractivity contribution in [2.75, 3.05) is 0 Å². The lowest BCUT2D eigenvalue weighted by molar-refractivity contribution is 0.673. The summed E-state index contributed by atoms with van der Waals surface area (Å²) in [7, 11) is 0. The van der Waals surface area contributed by atoms with Gasteiger partial charge in [-0.25, -0.2) is 0 Å². The van der Waals surface area contributed by atoms with Crippen molar-refractivity contribution in [3.05, 3.63) is 168 Å². The molecule has 45 heavy (non-hydrogen) atoms. The van der Waals surface area contributed by atoms with E-state index in [2.05, 4.69) is 160 Å². The Balaban J connectivity index is 1.26. The maximum absolute atomic E-state index is 4.44. The van der Waals surface area contributed by atoms with E-state index in [1.807, 2.05) is 18.2 Å². The number of aromatic nitrogens is 2. The lowest BCUT2D eigenvalue weighted by atomic mass is 10.1. The van der Waals surface area contributed by atoms with Gasteiger partial charge >= 0.3 is 0 Å². The molecule has 2 N–H and O–H groups in total. The van der Waals surface area contributed by atoms with Gasteiger partial charge in [-0.3, -0.25) is 4.99 Å². The first-order valence-electron chi connectivity index (χ1n) is 15.3. The largest absolute Gasteiger partial charge is 0.360 e. The Morgan fingerprint density at radius 2 is 1.42 bits per heavy atom. The standard InChI is InChI=1S/C41H32N4/c1-42-41(31-15-6-3-7-16-31)44-35(26-20-28-12-4-2-5-13-28)30-21-24-32(25-22-30)45-37-19-11-10-18-34(37)39-40(45)38-33-17-9-8-14-29(33)23-27-36(38)43-39/h2-19,21-27,41,43-44H,1,20H2/b35-26-. The number of aromatic amines is 1. The van der Waals surface area contributed by atoms with Crippen LogP contribution in [-0.4, -0.2) is 16.3 Å². The smallest absolute Gasteiger partial charge is 0.143 e. The number of hydrogen-bond donors (Lipinski definition) is 2. The zero-order valence-corrected chi connectivity index (χ0v) is 24.8. The Bertz CT molecular complexity index is 2330. The van der Waals surface area contributed by atoms with Gasteiger partial charge in [0.05, 0.1) is 16.6 Å². The summed E-state index contributed by atoms with van der Waals surface area (Å²) in [6, 6.07) is 51.3. The van der Waals surface area contributed by atoms with E-state index in [9.17, 15) is 0 Å². The molecule has 0 saturated carbocycles. The van der Waals surface area contributed by atoms with Gasteiger partial charge in [-0.2, -0.15) is 0 Å². The van der Waals surface area contributed by atoms with Gasteiger partial charge in [-0.1, -0.05) is 127 Å². The molecule has 0 saturated heterocycles. The van der Waals surface area contributed by atoms with Gasteiger partial charge in [0.15, 0.2) is 0 Å². The third kappa shape index (κ3) is 4.77. The number of aliphatic imine (C=N–C) groups is 1. The molecule has 216 valence electrons. The van der Waals surface area contributed by atoms with Crippen molar-refractivity contribution < 1.29 is 0 Å². The van der Waals surface area contributed by atoms with Crippen molar-refractivity contribution in [3.63, 3.8) is 0 Å². The maximum atomic E-state index is 4.44. The van der Waals surface area contributed by atoms with E-state index in [0.29, 0.717) is 0 Å². The highest BCUT2D eigenvalue weighted by molar-refractivity contribution is 6.25. The van der Waals surface area contributed by atoms with Crippen molar-refractivity contribution >= 4 is 56.0 Å². The van der Waals surface area contributed by atoms with Crippen LogP contribution < -0.4 is 5.32 Å². The van der Waals surface area contributed by atoms with E-state index >= 15 is 0 Å². The second-order valence-electron chi connectivity index (χ2n) is 11.4. The topological polar surface area (TPSA) is 45.1 Å². The van der Waals surface area contributed by atoms with Crippen molar-refractivity contribution in [2.24, 2.45) is 4.99 Å². The first-order valence-corrected chi connectivity index (χ1v) is 15.3. The summed E-state index contributed by atoms with van der Waals surface area (Å²) in [6.45, 7) is 3.90. The van der Waals surface area contributed by atoms with Crippen LogP contribution in [0.2, 0.25) is 0 Å². The molecule has 8 rings (SSSR count). The molecular formula is C41H32N4. The van der Waals surface area contributed by atoms with Gasteiger partial charge < -0.3 is 14.9 Å². The number of fused-ring (bicyclic) bond motifs is 7. The molecule has 2 aromatic heterocycles. The molecule has 0 radical (unpaired) electrons. The van der Waals surface area contributed by atoms with E-state index in [0.717, 1.165) is 40.0 Å². The Hall–Kier alpha value is -5.87. The summed E-state index contributed by atoms with van der Waals surface area (Å²) in [5, 5.41) is 8.63. The molecule has 0 fully saturated rings. The lowest BCUT2D eigenvalue weighted by Gasteiger charge is -2.20. The first-order chi connectivity index (χ1) is 22.3. The SMILES string of the molecule is C=NC(N/C(=C\Cc1ccccc1)c1ccc(-n2c3ccccc3c3[nH]c4ccc5ccccc5c4c32)cc1)c1ccccc1. The second-order valence-corrected chi connectivity index (χ2v) is 11.4. The molecule has 6 aromatic carbocycles. The highest BCUT2D eigenvalue weighted by atomic mass is 15.1. The molecule has 0 aliphatic rings. The monoisotopic (exact) mass is 580 g/mol. The summed E-state index contributed by atoms with van der Waals surface area (Å²) in [5.41, 5.74) is 10.2. The number of rotatable bonds is 8.